The second kappa shape index (κ2) is 2.60. The number of alkyl halides is 1. The minimum atomic E-state index is 0.385. The summed E-state index contributed by atoms with van der Waals surface area (Å²) in [5, 5.41) is 0. The predicted molar refractivity (Wildman–Crippen MR) is 46.5 cm³/mol. The fourth-order valence-corrected chi connectivity index (χ4v) is 2.47. The van der Waals surface area contributed by atoms with Crippen LogP contribution in [0.25, 0.3) is 0 Å². The van der Waals surface area contributed by atoms with Gasteiger partial charge in [-0.05, 0) is 0 Å². The third-order valence-electron chi connectivity index (χ3n) is 2.24. The Kier molecular flexibility index (Phi) is 1.90. The summed E-state index contributed by atoms with van der Waals surface area (Å²) in [6.45, 7) is 3.95. The molecule has 2 aliphatic heterocycles. The van der Waals surface area contributed by atoms with E-state index in [4.69, 9.17) is 9.47 Å². The Hall–Kier alpha value is 0.650. The molecule has 58 valence electrons. The van der Waals surface area contributed by atoms with Gasteiger partial charge in [0.15, 0.2) is 0 Å². The second-order valence-corrected chi connectivity index (χ2v) is 4.69. The average molecular weight is 254 g/mol. The molecule has 0 aromatic carbocycles. The van der Waals surface area contributed by atoms with Gasteiger partial charge in [-0.25, -0.2) is 0 Å². The van der Waals surface area contributed by atoms with Gasteiger partial charge in [0.25, 0.3) is 0 Å². The lowest BCUT2D eigenvalue weighted by Crippen LogP contribution is -2.24. The van der Waals surface area contributed by atoms with Crippen LogP contribution in [-0.4, -0.2) is 29.3 Å². The van der Waals surface area contributed by atoms with Crippen LogP contribution in [0.15, 0.2) is 0 Å². The quantitative estimate of drug-likeness (QED) is 0.478. The molecule has 0 spiro atoms. The number of fused-ring (bicyclic) bond motifs is 1. The van der Waals surface area contributed by atoms with E-state index < -0.39 is 0 Å². The fraction of sp³-hybridized carbons (Fsp3) is 1.00. The molecule has 2 unspecified atom stereocenters. The molecule has 2 fully saturated rings. The van der Waals surface area contributed by atoms with Gasteiger partial charge in [-0.1, -0.05) is 29.5 Å². The molecule has 0 amide bonds. The van der Waals surface area contributed by atoms with Crippen LogP contribution in [0.3, 0.4) is 0 Å². The minimum Gasteiger partial charge on any atom is -0.374 e. The first kappa shape index (κ1) is 7.31. The fourth-order valence-electron chi connectivity index (χ4n) is 1.64. The van der Waals surface area contributed by atoms with Crippen LogP contribution in [-0.2, 0) is 9.47 Å². The molecule has 10 heavy (non-hydrogen) atoms. The molecule has 2 rings (SSSR count). The van der Waals surface area contributed by atoms with Gasteiger partial charge in [0.05, 0.1) is 29.3 Å². The zero-order chi connectivity index (χ0) is 7.14. The molecular weight excluding hydrogens is 243 g/mol. The molecule has 0 aromatic heterocycles. The molecular formula is C7H11IO2. The van der Waals surface area contributed by atoms with Gasteiger partial charge in [0.1, 0.15) is 0 Å². The third-order valence-corrected chi connectivity index (χ3v) is 3.31. The van der Waals surface area contributed by atoms with Crippen LogP contribution in [0.5, 0.6) is 0 Å². The maximum Gasteiger partial charge on any atom is 0.0979 e. The van der Waals surface area contributed by atoms with Crippen molar-refractivity contribution in [3.63, 3.8) is 0 Å². The predicted octanol–water partition coefficient (Wildman–Crippen LogP) is 1.22. The summed E-state index contributed by atoms with van der Waals surface area (Å²) < 4.78 is 11.7. The smallest absolute Gasteiger partial charge is 0.0979 e. The van der Waals surface area contributed by atoms with E-state index in [1.54, 1.807) is 0 Å². The first-order chi connectivity index (χ1) is 4.79. The largest absolute Gasteiger partial charge is 0.374 e. The average Bonchev–Trinajstić information content (AvgIpc) is 2.41. The summed E-state index contributed by atoms with van der Waals surface area (Å²) in [6, 6.07) is 0. The van der Waals surface area contributed by atoms with E-state index in [-0.39, 0.29) is 0 Å². The van der Waals surface area contributed by atoms with Gasteiger partial charge >= 0.3 is 0 Å². The van der Waals surface area contributed by atoms with Crippen LogP contribution in [0.4, 0.5) is 0 Å². The summed E-state index contributed by atoms with van der Waals surface area (Å²) in [5.41, 5.74) is 0. The summed E-state index contributed by atoms with van der Waals surface area (Å²) in [6.07, 6.45) is 0.775. The zero-order valence-corrected chi connectivity index (χ0v) is 8.08. The standard InChI is InChI=1S/C7H11IO2/c1-4-2-9-7-5(8)3-10-6(4)7/h4-7H,2-3H2,1H3/t4-,5-,6?,7?/m0/s1. The lowest BCUT2D eigenvalue weighted by molar-refractivity contribution is 0.0661. The lowest BCUT2D eigenvalue weighted by Gasteiger charge is -2.10. The van der Waals surface area contributed by atoms with E-state index in [1.165, 1.54) is 0 Å². The van der Waals surface area contributed by atoms with Crippen molar-refractivity contribution in [2.45, 2.75) is 23.1 Å². The van der Waals surface area contributed by atoms with Crippen molar-refractivity contribution in [2.24, 2.45) is 5.92 Å². The molecule has 4 atom stereocenters. The molecule has 2 heterocycles. The van der Waals surface area contributed by atoms with Gasteiger partial charge in [-0.3, -0.25) is 0 Å². The van der Waals surface area contributed by atoms with Crippen molar-refractivity contribution in [3.8, 4) is 0 Å². The first-order valence-electron chi connectivity index (χ1n) is 3.66. The summed E-state index contributed by atoms with van der Waals surface area (Å²) in [5.74, 6) is 0.602. The van der Waals surface area contributed by atoms with E-state index in [1.807, 2.05) is 0 Å². The van der Waals surface area contributed by atoms with Crippen molar-refractivity contribution < 1.29 is 9.47 Å². The molecule has 2 saturated heterocycles. The highest BCUT2D eigenvalue weighted by atomic mass is 127. The Morgan fingerprint density at radius 1 is 1.20 bits per heavy atom. The summed E-state index contributed by atoms with van der Waals surface area (Å²) in [4.78, 5) is 0. The Labute approximate surface area is 74.4 Å². The molecule has 0 aliphatic carbocycles. The normalized spacial score (nSPS) is 53.4. The Morgan fingerprint density at radius 3 is 2.60 bits per heavy atom. The Bertz CT molecular complexity index is 124. The van der Waals surface area contributed by atoms with Crippen molar-refractivity contribution in [1.82, 2.24) is 0 Å². The Balaban J connectivity index is 2.09. The molecule has 2 nitrogen and oxygen atoms in total. The minimum absolute atomic E-state index is 0.385. The van der Waals surface area contributed by atoms with Crippen LogP contribution in [0.2, 0.25) is 0 Å². The molecule has 0 N–H and O–H groups in total. The molecule has 0 radical (unpaired) electrons. The SMILES string of the molecule is C[C@H]1COC2C1OC[C@@H]2I. The number of hydrogen-bond donors (Lipinski definition) is 0. The highest BCUT2D eigenvalue weighted by molar-refractivity contribution is 14.1. The first-order valence-corrected chi connectivity index (χ1v) is 4.91. The van der Waals surface area contributed by atoms with Crippen molar-refractivity contribution in [1.29, 1.82) is 0 Å². The Morgan fingerprint density at radius 2 is 1.90 bits per heavy atom. The topological polar surface area (TPSA) is 18.5 Å². The monoisotopic (exact) mass is 254 g/mol. The van der Waals surface area contributed by atoms with Crippen molar-refractivity contribution >= 4 is 22.6 Å². The van der Waals surface area contributed by atoms with Gasteiger partial charge in [-0.2, -0.15) is 0 Å². The van der Waals surface area contributed by atoms with Gasteiger partial charge in [0.2, 0.25) is 0 Å². The molecule has 0 saturated carbocycles. The van der Waals surface area contributed by atoms with Gasteiger partial charge < -0.3 is 9.47 Å². The van der Waals surface area contributed by atoms with Crippen LogP contribution >= 0.6 is 22.6 Å². The maximum absolute atomic E-state index is 5.57. The number of halogens is 1. The van der Waals surface area contributed by atoms with E-state index in [0.717, 1.165) is 13.2 Å². The van der Waals surface area contributed by atoms with E-state index in [0.29, 0.717) is 22.1 Å². The number of ether oxygens (including phenoxy) is 2. The highest BCUT2D eigenvalue weighted by Crippen LogP contribution is 2.34. The van der Waals surface area contributed by atoms with Crippen molar-refractivity contribution in [3.05, 3.63) is 0 Å². The molecule has 2 aliphatic rings. The lowest BCUT2D eigenvalue weighted by atomic mass is 10.1. The van der Waals surface area contributed by atoms with Gasteiger partial charge in [-0.15, -0.1) is 0 Å². The second-order valence-electron chi connectivity index (χ2n) is 3.09. The number of rotatable bonds is 0. The van der Waals surface area contributed by atoms with Crippen molar-refractivity contribution in [2.75, 3.05) is 13.2 Å². The van der Waals surface area contributed by atoms with Gasteiger partial charge in [0, 0.05) is 5.92 Å². The van der Waals surface area contributed by atoms with E-state index in [9.17, 15) is 0 Å². The number of hydrogen-bond acceptors (Lipinski definition) is 2. The van der Waals surface area contributed by atoms with Crippen LogP contribution in [0, 0.1) is 5.92 Å². The van der Waals surface area contributed by atoms with Crippen LogP contribution in [0.1, 0.15) is 6.92 Å². The molecule has 3 heteroatoms. The summed E-state index contributed by atoms with van der Waals surface area (Å²) >= 11 is 2.41. The molecule has 0 aromatic rings. The summed E-state index contributed by atoms with van der Waals surface area (Å²) in [7, 11) is 0. The van der Waals surface area contributed by atoms with Crippen LogP contribution < -0.4 is 0 Å². The third kappa shape index (κ3) is 0.987. The highest BCUT2D eigenvalue weighted by Gasteiger charge is 2.44. The molecule has 0 bridgehead atoms. The zero-order valence-electron chi connectivity index (χ0n) is 5.92. The van der Waals surface area contributed by atoms with E-state index in [2.05, 4.69) is 29.5 Å². The van der Waals surface area contributed by atoms with E-state index >= 15 is 0 Å². The maximum atomic E-state index is 5.57.